The zero-order valence-corrected chi connectivity index (χ0v) is 11.8. The molecule has 0 bridgehead atoms. The normalized spacial score (nSPS) is 27.1. The van der Waals surface area contributed by atoms with Gasteiger partial charge in [-0.3, -0.25) is 0 Å². The Balaban J connectivity index is 1.91. The molecule has 5 nitrogen and oxygen atoms in total. The number of allylic oxidation sites excluding steroid dienone is 1. The van der Waals surface area contributed by atoms with Gasteiger partial charge in [0.1, 0.15) is 0 Å². The lowest BCUT2D eigenvalue weighted by Crippen LogP contribution is -2.30. The molecule has 1 aliphatic heterocycles. The zero-order valence-electron chi connectivity index (χ0n) is 11.8. The average Bonchev–Trinajstić information content (AvgIpc) is 2.97. The first kappa shape index (κ1) is 15.3. The van der Waals surface area contributed by atoms with Crippen molar-refractivity contribution in [2.45, 2.75) is 51.2 Å². The summed E-state index contributed by atoms with van der Waals surface area (Å²) in [5, 5.41) is 17.9. The lowest BCUT2D eigenvalue weighted by atomic mass is 9.86. The molecule has 0 amide bonds. The van der Waals surface area contributed by atoms with Crippen molar-refractivity contribution in [3.8, 4) is 0 Å². The van der Waals surface area contributed by atoms with E-state index in [1.54, 1.807) is 6.08 Å². The number of hydrogen-bond donors (Lipinski definition) is 2. The van der Waals surface area contributed by atoms with Crippen LogP contribution >= 0.6 is 0 Å². The van der Waals surface area contributed by atoms with E-state index in [-0.39, 0.29) is 18.3 Å². The number of ether oxygens (including phenoxy) is 2. The Bertz CT molecular complexity index is 346. The Morgan fingerprint density at radius 1 is 1.35 bits per heavy atom. The molecule has 0 aromatic heterocycles. The summed E-state index contributed by atoms with van der Waals surface area (Å²) < 4.78 is 11.0. The van der Waals surface area contributed by atoms with E-state index < -0.39 is 12.3 Å². The fourth-order valence-corrected chi connectivity index (χ4v) is 3.08. The molecule has 2 N–H and O–H groups in total. The monoisotopic (exact) mass is 284 g/mol. The number of aliphatic carboxylic acids is 1. The molecular formula is C15H24O5. The van der Waals surface area contributed by atoms with Crippen LogP contribution in [0, 0.1) is 11.8 Å². The van der Waals surface area contributed by atoms with E-state index in [0.29, 0.717) is 18.9 Å². The number of hydrogen-bond acceptors (Lipinski definition) is 4. The summed E-state index contributed by atoms with van der Waals surface area (Å²) in [6.07, 6.45) is 8.32. The van der Waals surface area contributed by atoms with Crippen molar-refractivity contribution in [3.63, 3.8) is 0 Å². The van der Waals surface area contributed by atoms with E-state index in [1.165, 1.54) is 25.7 Å². The maximum absolute atomic E-state index is 11.2. The van der Waals surface area contributed by atoms with Crippen LogP contribution in [-0.4, -0.2) is 35.7 Å². The molecule has 0 unspecified atom stereocenters. The number of aliphatic hydroxyl groups excluding tert-OH is 1. The number of carbonyl (C=O) groups is 1. The topological polar surface area (TPSA) is 76.0 Å². The van der Waals surface area contributed by atoms with E-state index in [1.807, 2.05) is 0 Å². The molecule has 1 aliphatic carbocycles. The third kappa shape index (κ3) is 4.21. The maximum Gasteiger partial charge on any atom is 0.370 e. The lowest BCUT2D eigenvalue weighted by Gasteiger charge is -2.31. The lowest BCUT2D eigenvalue weighted by molar-refractivity contribution is -0.160. The van der Waals surface area contributed by atoms with E-state index in [9.17, 15) is 4.79 Å². The Hall–Kier alpha value is -1.07. The first-order valence-electron chi connectivity index (χ1n) is 7.55. The number of aliphatic hydroxyl groups is 1. The molecular weight excluding hydrogens is 260 g/mol. The Kier molecular flexibility index (Phi) is 5.86. The van der Waals surface area contributed by atoms with E-state index in [0.717, 1.165) is 12.8 Å². The summed E-state index contributed by atoms with van der Waals surface area (Å²) in [5.41, 5.74) is 0. The largest absolute Gasteiger partial charge is 0.475 e. The molecule has 114 valence electrons. The van der Waals surface area contributed by atoms with Gasteiger partial charge >= 0.3 is 5.97 Å². The highest BCUT2D eigenvalue weighted by atomic mass is 16.7. The maximum atomic E-state index is 11.2. The van der Waals surface area contributed by atoms with Crippen molar-refractivity contribution >= 4 is 5.97 Å². The minimum absolute atomic E-state index is 0.0281. The van der Waals surface area contributed by atoms with Crippen molar-refractivity contribution < 1.29 is 24.5 Å². The fraction of sp³-hybridized carbons (Fsp3) is 0.800. The first-order chi connectivity index (χ1) is 9.70. The van der Waals surface area contributed by atoms with Gasteiger partial charge < -0.3 is 19.7 Å². The molecule has 0 aromatic rings. The third-order valence-electron chi connectivity index (χ3n) is 4.16. The quantitative estimate of drug-likeness (QED) is 0.702. The predicted octanol–water partition coefficient (Wildman–Crippen LogP) is 2.30. The van der Waals surface area contributed by atoms with Crippen LogP contribution in [0.1, 0.15) is 44.9 Å². The van der Waals surface area contributed by atoms with Crippen LogP contribution in [-0.2, 0) is 14.3 Å². The van der Waals surface area contributed by atoms with E-state index in [2.05, 4.69) is 0 Å². The van der Waals surface area contributed by atoms with Gasteiger partial charge in [0.05, 0.1) is 6.61 Å². The second kappa shape index (κ2) is 7.64. The van der Waals surface area contributed by atoms with Gasteiger partial charge in [-0.25, -0.2) is 4.79 Å². The van der Waals surface area contributed by atoms with Crippen molar-refractivity contribution in [1.29, 1.82) is 0 Å². The van der Waals surface area contributed by atoms with Crippen LogP contribution in [0.5, 0.6) is 0 Å². The molecule has 20 heavy (non-hydrogen) atoms. The molecule has 2 aliphatic rings. The van der Waals surface area contributed by atoms with Gasteiger partial charge in [0.25, 0.3) is 0 Å². The van der Waals surface area contributed by atoms with Crippen LogP contribution in [0.2, 0.25) is 0 Å². The van der Waals surface area contributed by atoms with Crippen LogP contribution in [0.25, 0.3) is 0 Å². The molecule has 1 saturated carbocycles. The summed E-state index contributed by atoms with van der Waals surface area (Å²) in [6.45, 7) is 0.648. The molecule has 0 saturated heterocycles. The first-order valence-corrected chi connectivity index (χ1v) is 7.55. The molecule has 5 heteroatoms. The molecule has 0 aromatic carbocycles. The number of carboxylic acids is 1. The van der Waals surface area contributed by atoms with Crippen molar-refractivity contribution in [2.24, 2.45) is 11.8 Å². The van der Waals surface area contributed by atoms with Gasteiger partial charge in [-0.1, -0.05) is 12.8 Å². The van der Waals surface area contributed by atoms with Crippen LogP contribution in [0.3, 0.4) is 0 Å². The van der Waals surface area contributed by atoms with Crippen LogP contribution in [0.4, 0.5) is 0 Å². The van der Waals surface area contributed by atoms with Crippen molar-refractivity contribution in [1.82, 2.24) is 0 Å². The highest BCUT2D eigenvalue weighted by molar-refractivity contribution is 5.84. The van der Waals surface area contributed by atoms with Crippen molar-refractivity contribution in [3.05, 3.63) is 11.8 Å². The Morgan fingerprint density at radius 3 is 2.75 bits per heavy atom. The van der Waals surface area contributed by atoms with Gasteiger partial charge in [-0.05, 0) is 43.6 Å². The second-order valence-electron chi connectivity index (χ2n) is 5.63. The summed E-state index contributed by atoms with van der Waals surface area (Å²) in [5.74, 6) is -0.172. The summed E-state index contributed by atoms with van der Waals surface area (Å²) in [4.78, 5) is 11.2. The predicted molar refractivity (Wildman–Crippen MR) is 72.9 cm³/mol. The highest BCUT2D eigenvalue weighted by Gasteiger charge is 2.33. The number of carboxylic acid groups (broad SMARTS) is 1. The summed E-state index contributed by atoms with van der Waals surface area (Å²) in [7, 11) is 0. The molecule has 1 heterocycles. The number of unbranched alkanes of at least 4 members (excludes halogenated alkanes) is 1. The van der Waals surface area contributed by atoms with Gasteiger partial charge in [0.2, 0.25) is 12.0 Å². The van der Waals surface area contributed by atoms with Crippen LogP contribution in [0.15, 0.2) is 11.8 Å². The molecule has 1 fully saturated rings. The minimum Gasteiger partial charge on any atom is -0.475 e. The Morgan fingerprint density at radius 2 is 2.10 bits per heavy atom. The average molecular weight is 284 g/mol. The fourth-order valence-electron chi connectivity index (χ4n) is 3.08. The third-order valence-corrected chi connectivity index (χ3v) is 4.16. The van der Waals surface area contributed by atoms with Gasteiger partial charge in [0, 0.05) is 13.0 Å². The van der Waals surface area contributed by atoms with Crippen molar-refractivity contribution in [2.75, 3.05) is 13.2 Å². The minimum atomic E-state index is -1.02. The highest BCUT2D eigenvalue weighted by Crippen LogP contribution is 2.38. The zero-order chi connectivity index (χ0) is 14.4. The molecule has 2 atom stereocenters. The van der Waals surface area contributed by atoms with E-state index in [4.69, 9.17) is 19.7 Å². The van der Waals surface area contributed by atoms with Gasteiger partial charge in [-0.15, -0.1) is 0 Å². The standard InChI is InChI=1S/C15H24O5/c16-7-3-4-8-19-14-10-12(11-5-1-2-6-11)9-13(20-14)15(17)18/h9,11-12,14,16H,1-8,10H2,(H,17,18)/t12-,14+/m1/s1. The SMILES string of the molecule is O=C(O)C1=C[C@@H](C2CCCC2)C[C@@H](OCCCCO)O1. The van der Waals surface area contributed by atoms with Gasteiger partial charge in [-0.2, -0.15) is 0 Å². The molecule has 0 spiro atoms. The second-order valence-corrected chi connectivity index (χ2v) is 5.63. The molecule has 0 radical (unpaired) electrons. The van der Waals surface area contributed by atoms with E-state index >= 15 is 0 Å². The van der Waals surface area contributed by atoms with Crippen LogP contribution < -0.4 is 0 Å². The Labute approximate surface area is 119 Å². The van der Waals surface area contributed by atoms with Gasteiger partial charge in [0.15, 0.2) is 0 Å². The summed E-state index contributed by atoms with van der Waals surface area (Å²) >= 11 is 0. The smallest absolute Gasteiger partial charge is 0.370 e. The molecule has 2 rings (SSSR count). The summed E-state index contributed by atoms with van der Waals surface area (Å²) in [6, 6.07) is 0. The number of rotatable bonds is 7.